The molecule has 0 bridgehead atoms. The summed E-state index contributed by atoms with van der Waals surface area (Å²) in [4.78, 5) is 23.8. The van der Waals surface area contributed by atoms with Crippen molar-refractivity contribution in [1.82, 2.24) is 14.3 Å². The predicted molar refractivity (Wildman–Crippen MR) is 142 cm³/mol. The number of aryl methyl sites for hydroxylation is 2. The smallest absolute Gasteiger partial charge is 0.246 e. The van der Waals surface area contributed by atoms with E-state index in [-0.39, 0.29) is 38.4 Å². The molecular formula is C27H26F2N4O3S2. The van der Waals surface area contributed by atoms with E-state index >= 15 is 0 Å². The summed E-state index contributed by atoms with van der Waals surface area (Å²) in [7, 11) is -4.24. The van der Waals surface area contributed by atoms with Crippen LogP contribution in [0.25, 0.3) is 10.2 Å². The maximum absolute atomic E-state index is 14.2. The number of thiazole rings is 1. The minimum absolute atomic E-state index is 0.0213. The first-order valence-corrected chi connectivity index (χ1v) is 14.4. The Hall–Kier alpha value is -3.28. The van der Waals surface area contributed by atoms with E-state index in [0.29, 0.717) is 11.2 Å². The van der Waals surface area contributed by atoms with Crippen molar-refractivity contribution in [2.24, 2.45) is 5.92 Å². The average Bonchev–Trinajstić information content (AvgIpc) is 3.38. The van der Waals surface area contributed by atoms with Gasteiger partial charge in [-0.15, -0.1) is 0 Å². The summed E-state index contributed by atoms with van der Waals surface area (Å²) in [5, 5.41) is 0.572. The standard InChI is InChI=1S/C27H26F2N4O3S2/c1-17-5-6-18(2)25-24(17)31-27(37-25)33(16-19-4-3-11-30-15-19)26(34)20-9-12-32(13-10-20)38(35,36)23-14-21(28)7-8-22(23)29/h3-8,11,14-15,20H,9-10,12-13,16H2,1-2H3. The molecule has 4 aromatic rings. The Labute approximate surface area is 223 Å². The molecule has 0 N–H and O–H groups in total. The van der Waals surface area contributed by atoms with Crippen LogP contribution in [-0.4, -0.2) is 41.7 Å². The number of benzene rings is 2. The highest BCUT2D eigenvalue weighted by atomic mass is 32.2. The van der Waals surface area contributed by atoms with Gasteiger partial charge < -0.3 is 0 Å². The van der Waals surface area contributed by atoms with Crippen LogP contribution in [0.2, 0.25) is 0 Å². The highest BCUT2D eigenvalue weighted by Gasteiger charge is 2.36. The van der Waals surface area contributed by atoms with E-state index in [1.165, 1.54) is 11.3 Å². The molecule has 1 aliphatic heterocycles. The van der Waals surface area contributed by atoms with E-state index in [4.69, 9.17) is 4.98 Å². The Balaban J connectivity index is 1.40. The summed E-state index contributed by atoms with van der Waals surface area (Å²) in [6.45, 7) is 4.31. The number of carbonyl (C=O) groups excluding carboxylic acids is 1. The molecule has 0 aliphatic carbocycles. The van der Waals surface area contributed by atoms with Crippen molar-refractivity contribution in [1.29, 1.82) is 0 Å². The van der Waals surface area contributed by atoms with Crippen LogP contribution in [0.3, 0.4) is 0 Å². The first-order valence-electron chi connectivity index (χ1n) is 12.2. The zero-order valence-corrected chi connectivity index (χ0v) is 22.5. The van der Waals surface area contributed by atoms with Gasteiger partial charge >= 0.3 is 0 Å². The molecule has 198 valence electrons. The summed E-state index contributed by atoms with van der Waals surface area (Å²) in [6, 6.07) is 10.1. The van der Waals surface area contributed by atoms with Crippen LogP contribution < -0.4 is 4.90 Å². The summed E-state index contributed by atoms with van der Waals surface area (Å²) in [5.74, 6) is -2.45. The van der Waals surface area contributed by atoms with Crippen LogP contribution in [0.5, 0.6) is 0 Å². The lowest BCUT2D eigenvalue weighted by atomic mass is 9.96. The SMILES string of the molecule is Cc1ccc(C)c2sc(N(Cc3cccnc3)C(=O)C3CCN(S(=O)(=O)c4cc(F)ccc4F)CC3)nc12. The number of sulfonamides is 1. The van der Waals surface area contributed by atoms with Crippen LogP contribution in [-0.2, 0) is 21.4 Å². The second-order valence-corrected chi connectivity index (χ2v) is 12.3. The summed E-state index contributed by atoms with van der Waals surface area (Å²) < 4.78 is 56.0. The molecule has 0 radical (unpaired) electrons. The molecule has 7 nitrogen and oxygen atoms in total. The minimum Gasteiger partial charge on any atom is -0.283 e. The summed E-state index contributed by atoms with van der Waals surface area (Å²) >= 11 is 1.45. The van der Waals surface area contributed by atoms with Crippen molar-refractivity contribution < 1.29 is 22.0 Å². The van der Waals surface area contributed by atoms with E-state index in [1.807, 2.05) is 32.0 Å². The average molecular weight is 557 g/mol. The van der Waals surface area contributed by atoms with E-state index in [0.717, 1.165) is 43.3 Å². The largest absolute Gasteiger partial charge is 0.283 e. The fourth-order valence-electron chi connectivity index (χ4n) is 4.65. The third-order valence-electron chi connectivity index (χ3n) is 6.81. The molecule has 1 fully saturated rings. The van der Waals surface area contributed by atoms with E-state index < -0.39 is 32.5 Å². The highest BCUT2D eigenvalue weighted by Crippen LogP contribution is 2.36. The zero-order valence-electron chi connectivity index (χ0n) is 20.9. The van der Waals surface area contributed by atoms with E-state index in [9.17, 15) is 22.0 Å². The summed E-state index contributed by atoms with van der Waals surface area (Å²) in [6.07, 6.45) is 3.87. The van der Waals surface area contributed by atoms with Crippen molar-refractivity contribution in [2.75, 3.05) is 18.0 Å². The number of amides is 1. The lowest BCUT2D eigenvalue weighted by molar-refractivity contribution is -0.123. The van der Waals surface area contributed by atoms with E-state index in [1.54, 1.807) is 23.4 Å². The number of carbonyl (C=O) groups is 1. The van der Waals surface area contributed by atoms with Gasteiger partial charge in [0.15, 0.2) is 5.13 Å². The third kappa shape index (κ3) is 5.05. The number of halogens is 2. The molecule has 0 spiro atoms. The van der Waals surface area contributed by atoms with Gasteiger partial charge in [0.25, 0.3) is 0 Å². The monoisotopic (exact) mass is 556 g/mol. The molecule has 11 heteroatoms. The van der Waals surface area contributed by atoms with Gasteiger partial charge in [-0.25, -0.2) is 22.2 Å². The molecule has 0 atom stereocenters. The van der Waals surface area contributed by atoms with Crippen molar-refractivity contribution in [3.8, 4) is 0 Å². The molecule has 38 heavy (non-hydrogen) atoms. The second-order valence-electron chi connectivity index (χ2n) is 9.41. The lowest BCUT2D eigenvalue weighted by Gasteiger charge is -2.33. The molecule has 0 saturated carbocycles. The molecule has 1 amide bonds. The quantitative estimate of drug-likeness (QED) is 0.325. The van der Waals surface area contributed by atoms with Gasteiger partial charge in [-0.1, -0.05) is 29.5 Å². The topological polar surface area (TPSA) is 83.5 Å². The second kappa shape index (κ2) is 10.5. The highest BCUT2D eigenvalue weighted by molar-refractivity contribution is 7.89. The maximum atomic E-state index is 14.2. The van der Waals surface area contributed by atoms with Crippen LogP contribution in [0.1, 0.15) is 29.5 Å². The molecule has 3 heterocycles. The van der Waals surface area contributed by atoms with Gasteiger partial charge in [0, 0.05) is 31.4 Å². The van der Waals surface area contributed by atoms with Crippen molar-refractivity contribution in [2.45, 2.75) is 38.1 Å². The first kappa shape index (κ1) is 26.3. The predicted octanol–water partition coefficient (Wildman–Crippen LogP) is 5.22. The van der Waals surface area contributed by atoms with E-state index in [2.05, 4.69) is 4.98 Å². The van der Waals surface area contributed by atoms with Gasteiger partial charge in [-0.2, -0.15) is 4.31 Å². The maximum Gasteiger partial charge on any atom is 0.246 e. The summed E-state index contributed by atoms with van der Waals surface area (Å²) in [5.41, 5.74) is 3.79. The molecule has 1 aliphatic rings. The van der Waals surface area contributed by atoms with Crippen LogP contribution in [0.15, 0.2) is 59.8 Å². The van der Waals surface area contributed by atoms with Crippen molar-refractivity contribution >= 4 is 42.6 Å². The Morgan fingerprint density at radius 3 is 2.53 bits per heavy atom. The van der Waals surface area contributed by atoms with Crippen LogP contribution >= 0.6 is 11.3 Å². The molecule has 2 aromatic carbocycles. The first-order chi connectivity index (χ1) is 18.1. The lowest BCUT2D eigenvalue weighted by Crippen LogP contribution is -2.44. The Morgan fingerprint density at radius 2 is 1.84 bits per heavy atom. The van der Waals surface area contributed by atoms with Crippen LogP contribution in [0.4, 0.5) is 13.9 Å². The number of aromatic nitrogens is 2. The fourth-order valence-corrected chi connectivity index (χ4v) is 7.32. The number of pyridine rings is 1. The number of rotatable bonds is 6. The number of anilines is 1. The molecular weight excluding hydrogens is 530 g/mol. The van der Waals surface area contributed by atoms with Gasteiger partial charge in [-0.3, -0.25) is 14.7 Å². The zero-order chi connectivity index (χ0) is 27.0. The number of hydrogen-bond acceptors (Lipinski definition) is 6. The van der Waals surface area contributed by atoms with Crippen molar-refractivity contribution in [3.05, 3.63) is 83.2 Å². The van der Waals surface area contributed by atoms with Gasteiger partial charge in [0.05, 0.1) is 16.8 Å². The number of piperidine rings is 1. The molecule has 5 rings (SSSR count). The minimum atomic E-state index is -4.24. The molecule has 1 saturated heterocycles. The Kier molecular flexibility index (Phi) is 7.26. The number of fused-ring (bicyclic) bond motifs is 1. The van der Waals surface area contributed by atoms with Gasteiger partial charge in [0.2, 0.25) is 15.9 Å². The normalized spacial score (nSPS) is 15.2. The fraction of sp³-hybridized carbons (Fsp3) is 0.296. The number of hydrogen-bond donors (Lipinski definition) is 0. The van der Waals surface area contributed by atoms with Gasteiger partial charge in [-0.05, 0) is 67.6 Å². The Morgan fingerprint density at radius 1 is 1.11 bits per heavy atom. The Bertz CT molecular complexity index is 1560. The van der Waals surface area contributed by atoms with Gasteiger partial charge in [0.1, 0.15) is 16.5 Å². The van der Waals surface area contributed by atoms with Crippen LogP contribution in [0, 0.1) is 31.4 Å². The third-order valence-corrected chi connectivity index (χ3v) is 9.93. The van der Waals surface area contributed by atoms with Crippen molar-refractivity contribution in [3.63, 3.8) is 0 Å². The number of nitrogens with zero attached hydrogens (tertiary/aromatic N) is 4. The molecule has 0 unspecified atom stereocenters. The molecule has 2 aromatic heterocycles.